The first-order valence-electron chi connectivity index (χ1n) is 5.71. The smallest absolute Gasteiger partial charge is 0.0578 e. The van der Waals surface area contributed by atoms with Gasteiger partial charge in [-0.1, -0.05) is 5.57 Å². The summed E-state index contributed by atoms with van der Waals surface area (Å²) in [7, 11) is 2.17. The van der Waals surface area contributed by atoms with Crippen molar-refractivity contribution in [2.75, 3.05) is 31.6 Å². The minimum absolute atomic E-state index is 1.00. The van der Waals surface area contributed by atoms with Gasteiger partial charge in [0.05, 0.1) is 6.54 Å². The zero-order chi connectivity index (χ0) is 11.5. The van der Waals surface area contributed by atoms with Crippen LogP contribution < -0.4 is 4.90 Å². The van der Waals surface area contributed by atoms with Gasteiger partial charge in [-0.2, -0.15) is 0 Å². The molecule has 0 atom stereocenters. The van der Waals surface area contributed by atoms with Gasteiger partial charge in [-0.3, -0.25) is 4.98 Å². The van der Waals surface area contributed by atoms with E-state index >= 15 is 0 Å². The molecule has 86 valence electrons. The molecule has 2 heterocycles. The van der Waals surface area contributed by atoms with E-state index in [9.17, 15) is 0 Å². The number of hydrogen-bond acceptors (Lipinski definition) is 3. The molecule has 1 aromatic heterocycles. The molecule has 3 nitrogen and oxygen atoms in total. The van der Waals surface area contributed by atoms with E-state index in [1.807, 2.05) is 12.4 Å². The van der Waals surface area contributed by atoms with Crippen molar-refractivity contribution >= 4 is 5.69 Å². The molecular weight excluding hydrogens is 198 g/mol. The Balaban J connectivity index is 2.19. The second-order valence-electron chi connectivity index (χ2n) is 4.50. The Bertz CT molecular complexity index is 379. The number of piperazine rings is 1. The van der Waals surface area contributed by atoms with Crippen LogP contribution in [0.2, 0.25) is 0 Å². The van der Waals surface area contributed by atoms with E-state index in [2.05, 4.69) is 47.8 Å². The highest BCUT2D eigenvalue weighted by Gasteiger charge is 2.18. The first-order chi connectivity index (χ1) is 7.68. The molecule has 3 heteroatoms. The summed E-state index contributed by atoms with van der Waals surface area (Å²) in [5.41, 5.74) is 4.10. The molecule has 1 fully saturated rings. The zero-order valence-electron chi connectivity index (χ0n) is 10.3. The lowest BCUT2D eigenvalue weighted by Crippen LogP contribution is -2.43. The second kappa shape index (κ2) is 4.56. The number of hydrogen-bond donors (Lipinski definition) is 0. The molecule has 1 aromatic rings. The molecule has 0 spiro atoms. The van der Waals surface area contributed by atoms with Gasteiger partial charge in [0.25, 0.3) is 0 Å². The normalized spacial score (nSPS) is 16.6. The molecule has 0 radical (unpaired) electrons. The van der Waals surface area contributed by atoms with Gasteiger partial charge in [0.15, 0.2) is 0 Å². The minimum Gasteiger partial charge on any atom is -0.375 e. The predicted molar refractivity (Wildman–Crippen MR) is 67.5 cm³/mol. The Morgan fingerprint density at radius 3 is 2.50 bits per heavy atom. The summed E-state index contributed by atoms with van der Waals surface area (Å²) < 4.78 is 0. The fraction of sp³-hybridized carbons (Fsp3) is 0.462. The lowest BCUT2D eigenvalue weighted by atomic mass is 10.1. The van der Waals surface area contributed by atoms with E-state index in [0.717, 1.165) is 19.6 Å². The van der Waals surface area contributed by atoms with Gasteiger partial charge < -0.3 is 9.80 Å². The SMILES string of the molecule is CC(C)=C1CN(c2ccncc2)CCN1C. The Morgan fingerprint density at radius 1 is 1.19 bits per heavy atom. The van der Waals surface area contributed by atoms with Crippen LogP contribution in [-0.4, -0.2) is 36.6 Å². The van der Waals surface area contributed by atoms with Crippen LogP contribution in [0.5, 0.6) is 0 Å². The quantitative estimate of drug-likeness (QED) is 0.718. The van der Waals surface area contributed by atoms with E-state index in [1.165, 1.54) is 17.0 Å². The number of likely N-dealkylation sites (N-methyl/N-ethyl adjacent to an activating group) is 1. The number of anilines is 1. The maximum absolute atomic E-state index is 4.06. The van der Waals surface area contributed by atoms with E-state index in [0.29, 0.717) is 0 Å². The molecule has 0 saturated carbocycles. The molecule has 0 aromatic carbocycles. The highest BCUT2D eigenvalue weighted by Crippen LogP contribution is 2.20. The first-order valence-corrected chi connectivity index (χ1v) is 5.71. The van der Waals surface area contributed by atoms with Crippen molar-refractivity contribution < 1.29 is 0 Å². The first kappa shape index (κ1) is 11.0. The highest BCUT2D eigenvalue weighted by molar-refractivity contribution is 5.47. The van der Waals surface area contributed by atoms with Crippen molar-refractivity contribution in [3.63, 3.8) is 0 Å². The minimum atomic E-state index is 1.00. The second-order valence-corrected chi connectivity index (χ2v) is 4.50. The molecule has 2 rings (SSSR count). The van der Waals surface area contributed by atoms with Crippen LogP contribution in [0.25, 0.3) is 0 Å². The Labute approximate surface area is 97.4 Å². The number of nitrogens with zero attached hydrogens (tertiary/aromatic N) is 3. The van der Waals surface area contributed by atoms with E-state index in [4.69, 9.17) is 0 Å². The summed E-state index contributed by atoms with van der Waals surface area (Å²) in [6.07, 6.45) is 3.71. The topological polar surface area (TPSA) is 19.4 Å². The molecular formula is C13H19N3. The molecule has 0 bridgehead atoms. The van der Waals surface area contributed by atoms with Crippen LogP contribution in [0, 0.1) is 0 Å². The van der Waals surface area contributed by atoms with E-state index in [-0.39, 0.29) is 0 Å². The van der Waals surface area contributed by atoms with Crippen LogP contribution in [0.15, 0.2) is 35.8 Å². The zero-order valence-corrected chi connectivity index (χ0v) is 10.3. The monoisotopic (exact) mass is 217 g/mol. The van der Waals surface area contributed by atoms with Crippen LogP contribution in [-0.2, 0) is 0 Å². The molecule has 0 unspecified atom stereocenters. The molecule has 1 aliphatic rings. The third kappa shape index (κ3) is 2.18. The van der Waals surface area contributed by atoms with Gasteiger partial charge in [0.1, 0.15) is 0 Å². The van der Waals surface area contributed by atoms with Crippen molar-refractivity contribution in [1.82, 2.24) is 9.88 Å². The van der Waals surface area contributed by atoms with Gasteiger partial charge in [-0.15, -0.1) is 0 Å². The Hall–Kier alpha value is -1.51. The van der Waals surface area contributed by atoms with E-state index in [1.54, 1.807) is 0 Å². The van der Waals surface area contributed by atoms with Gasteiger partial charge in [-0.05, 0) is 26.0 Å². The average molecular weight is 217 g/mol. The number of allylic oxidation sites excluding steroid dienone is 1. The maximum atomic E-state index is 4.06. The van der Waals surface area contributed by atoms with Crippen molar-refractivity contribution in [2.24, 2.45) is 0 Å². The van der Waals surface area contributed by atoms with Gasteiger partial charge >= 0.3 is 0 Å². The fourth-order valence-corrected chi connectivity index (χ4v) is 2.10. The summed E-state index contributed by atoms with van der Waals surface area (Å²) in [5, 5.41) is 0. The standard InChI is InChI=1S/C13H19N3/c1-11(2)13-10-16(9-8-15(13)3)12-4-6-14-7-5-12/h4-7H,8-10H2,1-3H3. The van der Waals surface area contributed by atoms with E-state index < -0.39 is 0 Å². The molecule has 0 N–H and O–H groups in total. The highest BCUT2D eigenvalue weighted by atomic mass is 15.3. The predicted octanol–water partition coefficient (Wildman–Crippen LogP) is 2.13. The lowest BCUT2D eigenvalue weighted by molar-refractivity contribution is 0.376. The van der Waals surface area contributed by atoms with Crippen molar-refractivity contribution in [3.8, 4) is 0 Å². The fourth-order valence-electron chi connectivity index (χ4n) is 2.10. The van der Waals surface area contributed by atoms with Gasteiger partial charge in [0, 0.05) is 43.9 Å². The number of aromatic nitrogens is 1. The average Bonchev–Trinajstić information content (AvgIpc) is 2.30. The summed E-state index contributed by atoms with van der Waals surface area (Å²) in [6, 6.07) is 4.15. The third-order valence-electron chi connectivity index (χ3n) is 3.11. The van der Waals surface area contributed by atoms with Crippen molar-refractivity contribution in [2.45, 2.75) is 13.8 Å². The summed E-state index contributed by atoms with van der Waals surface area (Å²) in [6.45, 7) is 7.53. The molecule has 0 amide bonds. The largest absolute Gasteiger partial charge is 0.375 e. The summed E-state index contributed by atoms with van der Waals surface area (Å²) >= 11 is 0. The van der Waals surface area contributed by atoms with Crippen LogP contribution in [0.1, 0.15) is 13.8 Å². The van der Waals surface area contributed by atoms with Crippen LogP contribution >= 0.6 is 0 Å². The molecule has 16 heavy (non-hydrogen) atoms. The molecule has 0 aliphatic carbocycles. The summed E-state index contributed by atoms with van der Waals surface area (Å²) in [4.78, 5) is 8.82. The molecule has 1 saturated heterocycles. The Morgan fingerprint density at radius 2 is 1.88 bits per heavy atom. The lowest BCUT2D eigenvalue weighted by Gasteiger charge is -2.38. The maximum Gasteiger partial charge on any atom is 0.0578 e. The van der Waals surface area contributed by atoms with Gasteiger partial charge in [-0.25, -0.2) is 0 Å². The van der Waals surface area contributed by atoms with Crippen LogP contribution in [0.3, 0.4) is 0 Å². The summed E-state index contributed by atoms with van der Waals surface area (Å²) in [5.74, 6) is 0. The third-order valence-corrected chi connectivity index (χ3v) is 3.11. The molecule has 1 aliphatic heterocycles. The Kier molecular flexibility index (Phi) is 3.13. The van der Waals surface area contributed by atoms with Crippen molar-refractivity contribution in [3.05, 3.63) is 35.8 Å². The number of pyridine rings is 1. The van der Waals surface area contributed by atoms with Gasteiger partial charge in [0.2, 0.25) is 0 Å². The van der Waals surface area contributed by atoms with Crippen LogP contribution in [0.4, 0.5) is 5.69 Å². The van der Waals surface area contributed by atoms with Crippen molar-refractivity contribution in [1.29, 1.82) is 0 Å². The number of rotatable bonds is 1.